The van der Waals surface area contributed by atoms with Crippen molar-refractivity contribution in [3.05, 3.63) is 11.6 Å². The zero-order chi connectivity index (χ0) is 20.9. The van der Waals surface area contributed by atoms with Crippen LogP contribution in [0.3, 0.4) is 0 Å². The molecule has 0 aromatic carbocycles. The number of hydrogen-bond acceptors (Lipinski definition) is 3. The van der Waals surface area contributed by atoms with Crippen LogP contribution in [0, 0.1) is 46.3 Å². The van der Waals surface area contributed by atoms with Crippen LogP contribution in [0.2, 0.25) is 0 Å². The number of aliphatic hydroxyl groups is 1. The van der Waals surface area contributed by atoms with Crippen LogP contribution in [-0.4, -0.2) is 29.6 Å². The predicted molar refractivity (Wildman–Crippen MR) is 120 cm³/mol. The van der Waals surface area contributed by atoms with Gasteiger partial charge in [0.05, 0.1) is 12.2 Å². The lowest BCUT2D eigenvalue weighted by Gasteiger charge is -2.58. The zero-order valence-electron chi connectivity index (χ0n) is 19.6. The zero-order valence-corrected chi connectivity index (χ0v) is 19.6. The number of hydrogen-bond donors (Lipinski definition) is 2. The molecule has 0 amide bonds. The number of aliphatic hydroxyl groups excluding tert-OH is 1. The monoisotopic (exact) mass is 413 g/mol. The van der Waals surface area contributed by atoms with Gasteiger partial charge in [-0.05, 0) is 98.2 Å². The molecule has 5 fully saturated rings. The van der Waals surface area contributed by atoms with Gasteiger partial charge in [0, 0.05) is 12.5 Å². The minimum absolute atomic E-state index is 0.0439. The van der Waals surface area contributed by atoms with Crippen molar-refractivity contribution < 1.29 is 9.84 Å². The second kappa shape index (κ2) is 6.58. The van der Waals surface area contributed by atoms with Crippen molar-refractivity contribution in [3.63, 3.8) is 0 Å². The van der Waals surface area contributed by atoms with E-state index in [0.29, 0.717) is 22.9 Å². The summed E-state index contributed by atoms with van der Waals surface area (Å²) in [6.07, 6.45) is 13.8. The maximum absolute atomic E-state index is 10.3. The van der Waals surface area contributed by atoms with Crippen molar-refractivity contribution in [2.75, 3.05) is 6.54 Å². The first-order chi connectivity index (χ1) is 14.3. The molecular weight excluding hydrogens is 370 g/mol. The molecule has 0 radical (unpaired) electrons. The van der Waals surface area contributed by atoms with Gasteiger partial charge in [-0.2, -0.15) is 0 Å². The molecule has 2 aliphatic heterocycles. The SMILES string of the molecule is C[C@@H]1CC[C@]2(NC1)O[C@@H]1C[C@@H]3[C@@H]4CC=C5C[C@H](O)CC[C@@]5(C)[C@@H]4CC[C@@]3(C)[C@@H]1[C@H]2C. The molecule has 4 aliphatic carbocycles. The number of rotatable bonds is 0. The van der Waals surface area contributed by atoms with Gasteiger partial charge in [0.2, 0.25) is 0 Å². The summed E-state index contributed by atoms with van der Waals surface area (Å²) in [7, 11) is 0. The molecule has 6 aliphatic rings. The van der Waals surface area contributed by atoms with Crippen LogP contribution in [-0.2, 0) is 4.74 Å². The van der Waals surface area contributed by atoms with E-state index in [1.807, 2.05) is 0 Å². The molecule has 11 atom stereocenters. The van der Waals surface area contributed by atoms with E-state index < -0.39 is 0 Å². The average molecular weight is 414 g/mol. The van der Waals surface area contributed by atoms with E-state index in [0.717, 1.165) is 49.0 Å². The molecule has 30 heavy (non-hydrogen) atoms. The van der Waals surface area contributed by atoms with Crippen molar-refractivity contribution >= 4 is 0 Å². The molecule has 168 valence electrons. The summed E-state index contributed by atoms with van der Waals surface area (Å²) in [5.41, 5.74) is 2.33. The Morgan fingerprint density at radius 1 is 1.07 bits per heavy atom. The quantitative estimate of drug-likeness (QED) is 0.530. The predicted octanol–water partition coefficient (Wildman–Crippen LogP) is 5.29. The number of fused-ring (bicyclic) bond motifs is 7. The van der Waals surface area contributed by atoms with Crippen LogP contribution in [0.5, 0.6) is 0 Å². The Balaban J connectivity index is 1.28. The number of ether oxygens (including phenoxy) is 1. The van der Waals surface area contributed by atoms with Crippen molar-refractivity contribution in [3.8, 4) is 0 Å². The van der Waals surface area contributed by atoms with E-state index in [-0.39, 0.29) is 11.8 Å². The normalized spacial score (nSPS) is 59.8. The maximum Gasteiger partial charge on any atom is 0.122 e. The van der Waals surface area contributed by atoms with Crippen LogP contribution >= 0.6 is 0 Å². The number of allylic oxidation sites excluding steroid dienone is 1. The molecule has 0 aromatic heterocycles. The third kappa shape index (κ3) is 2.55. The molecule has 0 unspecified atom stereocenters. The van der Waals surface area contributed by atoms with E-state index in [1.165, 1.54) is 44.9 Å². The van der Waals surface area contributed by atoms with Crippen molar-refractivity contribution in [1.29, 1.82) is 0 Å². The van der Waals surface area contributed by atoms with Crippen molar-refractivity contribution in [1.82, 2.24) is 5.32 Å². The summed E-state index contributed by atoms with van der Waals surface area (Å²) >= 11 is 0. The van der Waals surface area contributed by atoms with Gasteiger partial charge >= 0.3 is 0 Å². The summed E-state index contributed by atoms with van der Waals surface area (Å²) in [4.78, 5) is 0. The molecule has 0 aromatic rings. The van der Waals surface area contributed by atoms with Gasteiger partial charge in [-0.1, -0.05) is 39.3 Å². The number of piperidine rings is 1. The lowest BCUT2D eigenvalue weighted by molar-refractivity contribution is -0.115. The van der Waals surface area contributed by atoms with E-state index in [9.17, 15) is 5.11 Å². The minimum Gasteiger partial charge on any atom is -0.393 e. The molecule has 1 spiro atoms. The summed E-state index contributed by atoms with van der Waals surface area (Å²) in [5.74, 6) is 4.58. The summed E-state index contributed by atoms with van der Waals surface area (Å²) in [5, 5.41) is 14.1. The van der Waals surface area contributed by atoms with Crippen LogP contribution in [0.15, 0.2) is 11.6 Å². The third-order valence-electron chi connectivity index (χ3n) is 11.6. The molecule has 0 bridgehead atoms. The molecule has 2 saturated heterocycles. The fourth-order valence-corrected chi connectivity index (χ4v) is 9.84. The first-order valence-corrected chi connectivity index (χ1v) is 13.1. The highest BCUT2D eigenvalue weighted by atomic mass is 16.5. The highest BCUT2D eigenvalue weighted by Crippen LogP contribution is 2.70. The fourth-order valence-electron chi connectivity index (χ4n) is 9.84. The van der Waals surface area contributed by atoms with Gasteiger partial charge in [-0.25, -0.2) is 0 Å². The molecule has 2 heterocycles. The van der Waals surface area contributed by atoms with E-state index in [1.54, 1.807) is 5.57 Å². The standard InChI is InChI=1S/C27H43NO2/c1-16-7-12-27(28-15-16)17(2)24-23(30-27)14-22-20-6-5-18-13-19(29)8-10-25(18,3)21(20)9-11-26(22,24)4/h5,16-17,19-24,28-29H,6-15H2,1-4H3/t16-,17-,19-,20-,21-,22-,23-,24-,25-,26-,27+/m1/s1. The number of nitrogens with one attached hydrogen (secondary N) is 1. The van der Waals surface area contributed by atoms with Crippen LogP contribution in [0.4, 0.5) is 0 Å². The Labute approximate surface area is 183 Å². The first kappa shape index (κ1) is 20.2. The molecule has 2 N–H and O–H groups in total. The van der Waals surface area contributed by atoms with Gasteiger partial charge < -0.3 is 9.84 Å². The summed E-state index contributed by atoms with van der Waals surface area (Å²) in [6, 6.07) is 0. The van der Waals surface area contributed by atoms with E-state index in [2.05, 4.69) is 39.1 Å². The van der Waals surface area contributed by atoms with Crippen LogP contribution < -0.4 is 5.32 Å². The first-order valence-electron chi connectivity index (χ1n) is 13.1. The lowest BCUT2D eigenvalue weighted by atomic mass is 9.47. The lowest BCUT2D eigenvalue weighted by Crippen LogP contribution is -2.57. The Kier molecular flexibility index (Phi) is 4.44. The molecule has 3 saturated carbocycles. The third-order valence-corrected chi connectivity index (χ3v) is 11.6. The average Bonchev–Trinajstić information content (AvgIpc) is 3.16. The second-order valence-electron chi connectivity index (χ2n) is 12.8. The van der Waals surface area contributed by atoms with Gasteiger partial charge in [-0.3, -0.25) is 5.32 Å². The van der Waals surface area contributed by atoms with Crippen LogP contribution in [0.25, 0.3) is 0 Å². The Hall–Kier alpha value is -0.380. The van der Waals surface area contributed by atoms with Gasteiger partial charge in [-0.15, -0.1) is 0 Å². The van der Waals surface area contributed by atoms with Crippen molar-refractivity contribution in [2.45, 2.75) is 103 Å². The Bertz CT molecular complexity index is 739. The minimum atomic E-state index is -0.100. The largest absolute Gasteiger partial charge is 0.393 e. The summed E-state index contributed by atoms with van der Waals surface area (Å²) in [6.45, 7) is 11.2. The highest BCUT2D eigenvalue weighted by Gasteiger charge is 2.68. The van der Waals surface area contributed by atoms with Gasteiger partial charge in [0.15, 0.2) is 0 Å². The molecule has 6 rings (SSSR count). The topological polar surface area (TPSA) is 41.5 Å². The van der Waals surface area contributed by atoms with E-state index >= 15 is 0 Å². The fraction of sp³-hybridized carbons (Fsp3) is 0.926. The van der Waals surface area contributed by atoms with Gasteiger partial charge in [0.25, 0.3) is 0 Å². The second-order valence-corrected chi connectivity index (χ2v) is 12.8. The summed E-state index contributed by atoms with van der Waals surface area (Å²) < 4.78 is 7.00. The smallest absolute Gasteiger partial charge is 0.122 e. The van der Waals surface area contributed by atoms with Crippen LogP contribution in [0.1, 0.15) is 85.5 Å². The van der Waals surface area contributed by atoms with Gasteiger partial charge in [0.1, 0.15) is 5.72 Å². The van der Waals surface area contributed by atoms with Crippen molar-refractivity contribution in [2.24, 2.45) is 46.3 Å². The maximum atomic E-state index is 10.3. The molecule has 3 heteroatoms. The Morgan fingerprint density at radius 2 is 1.90 bits per heavy atom. The molecular formula is C27H43NO2. The molecule has 3 nitrogen and oxygen atoms in total. The Morgan fingerprint density at radius 3 is 2.67 bits per heavy atom. The highest BCUT2D eigenvalue weighted by molar-refractivity contribution is 5.26. The van der Waals surface area contributed by atoms with E-state index in [4.69, 9.17) is 4.74 Å².